The fourth-order valence-corrected chi connectivity index (χ4v) is 4.24. The molecule has 33 heavy (non-hydrogen) atoms. The van der Waals surface area contributed by atoms with Gasteiger partial charge >= 0.3 is 0 Å². The van der Waals surface area contributed by atoms with Crippen LogP contribution in [0, 0.1) is 6.92 Å². The predicted octanol–water partition coefficient (Wildman–Crippen LogP) is 4.05. The summed E-state index contributed by atoms with van der Waals surface area (Å²) in [7, 11) is 0. The maximum atomic E-state index is 14.1. The maximum Gasteiger partial charge on any atom is 0.277 e. The number of amides is 1. The Kier molecular flexibility index (Phi) is 5.86. The molecule has 0 bridgehead atoms. The van der Waals surface area contributed by atoms with E-state index in [4.69, 9.17) is 9.47 Å². The van der Waals surface area contributed by atoms with E-state index in [1.165, 1.54) is 4.68 Å². The Morgan fingerprint density at radius 2 is 1.91 bits per heavy atom. The third-order valence-corrected chi connectivity index (χ3v) is 6.01. The highest BCUT2D eigenvalue weighted by atomic mass is 32.1. The molecule has 0 N–H and O–H groups in total. The molecule has 2 aromatic carbocycles. The molecule has 2 aromatic heterocycles. The molecule has 9 heteroatoms. The summed E-state index contributed by atoms with van der Waals surface area (Å²) < 4.78 is 12.9. The van der Waals surface area contributed by atoms with Crippen LogP contribution in [0.5, 0.6) is 11.5 Å². The van der Waals surface area contributed by atoms with Crippen molar-refractivity contribution in [3.05, 3.63) is 82.3 Å². The molecule has 1 aliphatic rings. The number of thiophene rings is 1. The molecule has 0 saturated heterocycles. The lowest BCUT2D eigenvalue weighted by Crippen LogP contribution is -2.33. The van der Waals surface area contributed by atoms with Crippen molar-refractivity contribution >= 4 is 34.7 Å². The first-order valence-electron chi connectivity index (χ1n) is 10.4. The van der Waals surface area contributed by atoms with E-state index in [0.29, 0.717) is 48.5 Å². The Bertz CT molecular complexity index is 1280. The summed E-state index contributed by atoms with van der Waals surface area (Å²) in [6, 6.07) is 19.2. The molecular weight excluding hydrogens is 438 g/mol. The van der Waals surface area contributed by atoms with E-state index in [-0.39, 0.29) is 5.91 Å². The number of anilines is 1. The Morgan fingerprint density at radius 3 is 2.64 bits per heavy atom. The molecule has 5 rings (SSSR count). The second-order valence-corrected chi connectivity index (χ2v) is 8.41. The van der Waals surface area contributed by atoms with Crippen LogP contribution >= 0.6 is 11.3 Å². The minimum atomic E-state index is -0.237. The predicted molar refractivity (Wildman–Crippen MR) is 126 cm³/mol. The number of carbonyl (C=O) groups excluding carboxylic acids is 1. The molecule has 0 fully saturated rings. The summed E-state index contributed by atoms with van der Waals surface area (Å²) in [5, 5.41) is 13.8. The molecule has 0 unspecified atom stereocenters. The van der Waals surface area contributed by atoms with Gasteiger partial charge in [-0.15, -0.1) is 16.4 Å². The SMILES string of the molecule is Cc1nnnn1C(=Cc1ccccc1)C(=O)N(Cc1cccs1)c1ccc2c(c1)OCCO2. The first-order valence-corrected chi connectivity index (χ1v) is 11.3. The van der Waals surface area contributed by atoms with Crippen molar-refractivity contribution in [1.29, 1.82) is 0 Å². The minimum absolute atomic E-state index is 0.237. The average molecular weight is 460 g/mol. The smallest absolute Gasteiger partial charge is 0.277 e. The number of benzene rings is 2. The van der Waals surface area contributed by atoms with E-state index in [9.17, 15) is 4.79 Å². The minimum Gasteiger partial charge on any atom is -0.486 e. The molecule has 3 heterocycles. The third kappa shape index (κ3) is 4.49. The highest BCUT2D eigenvalue weighted by Crippen LogP contribution is 2.35. The maximum absolute atomic E-state index is 14.1. The van der Waals surface area contributed by atoms with Gasteiger partial charge in [0.15, 0.2) is 17.3 Å². The second kappa shape index (κ2) is 9.25. The molecule has 1 amide bonds. The number of carbonyl (C=O) groups is 1. The van der Waals surface area contributed by atoms with Crippen molar-refractivity contribution in [1.82, 2.24) is 20.2 Å². The van der Waals surface area contributed by atoms with E-state index in [2.05, 4.69) is 15.5 Å². The number of ether oxygens (including phenoxy) is 2. The average Bonchev–Trinajstić information content (AvgIpc) is 3.53. The van der Waals surface area contributed by atoms with Crippen molar-refractivity contribution in [3.63, 3.8) is 0 Å². The Morgan fingerprint density at radius 1 is 1.09 bits per heavy atom. The first-order chi connectivity index (χ1) is 16.2. The molecular formula is C24H21N5O3S. The fraction of sp³-hybridized carbons (Fsp3) is 0.167. The van der Waals surface area contributed by atoms with Gasteiger partial charge < -0.3 is 14.4 Å². The molecule has 0 aliphatic carbocycles. The van der Waals surface area contributed by atoms with E-state index in [0.717, 1.165) is 10.4 Å². The zero-order chi connectivity index (χ0) is 22.6. The van der Waals surface area contributed by atoms with Crippen LogP contribution in [0.4, 0.5) is 5.69 Å². The van der Waals surface area contributed by atoms with Gasteiger partial charge in [-0.25, -0.2) is 0 Å². The van der Waals surface area contributed by atoms with Crippen LogP contribution in [0.1, 0.15) is 16.3 Å². The molecule has 1 aliphatic heterocycles. The Balaban J connectivity index is 1.60. The highest BCUT2D eigenvalue weighted by Gasteiger charge is 2.26. The molecule has 0 atom stereocenters. The number of tetrazole rings is 1. The Hall–Kier alpha value is -3.98. The van der Waals surface area contributed by atoms with E-state index in [1.54, 1.807) is 29.2 Å². The lowest BCUT2D eigenvalue weighted by Gasteiger charge is -2.26. The molecule has 166 valence electrons. The van der Waals surface area contributed by atoms with Crippen LogP contribution in [-0.2, 0) is 11.3 Å². The highest BCUT2D eigenvalue weighted by molar-refractivity contribution is 7.09. The standard InChI is InChI=1S/C24H21N5O3S/c1-17-25-26-27-29(17)21(14-18-6-3-2-4-7-18)24(30)28(16-20-8-5-13-33-20)19-9-10-22-23(15-19)32-12-11-31-22/h2-10,13-15H,11-12,16H2,1H3. The van der Waals surface area contributed by atoms with Crippen molar-refractivity contribution in [2.24, 2.45) is 0 Å². The van der Waals surface area contributed by atoms with Crippen molar-refractivity contribution in [3.8, 4) is 11.5 Å². The van der Waals surface area contributed by atoms with Crippen LogP contribution in [0.2, 0.25) is 0 Å². The zero-order valence-electron chi connectivity index (χ0n) is 17.9. The largest absolute Gasteiger partial charge is 0.486 e. The number of hydrogen-bond acceptors (Lipinski definition) is 7. The number of rotatable bonds is 6. The summed E-state index contributed by atoms with van der Waals surface area (Å²) in [5.41, 5.74) is 1.91. The lowest BCUT2D eigenvalue weighted by molar-refractivity contribution is -0.113. The van der Waals surface area contributed by atoms with Gasteiger partial charge in [0.1, 0.15) is 18.9 Å². The van der Waals surface area contributed by atoms with Gasteiger partial charge in [0, 0.05) is 16.6 Å². The zero-order valence-corrected chi connectivity index (χ0v) is 18.7. The second-order valence-electron chi connectivity index (χ2n) is 7.38. The van der Waals surface area contributed by atoms with Gasteiger partial charge in [-0.1, -0.05) is 36.4 Å². The van der Waals surface area contributed by atoms with Crippen LogP contribution in [0.25, 0.3) is 11.8 Å². The number of hydrogen-bond donors (Lipinski definition) is 0. The summed E-state index contributed by atoms with van der Waals surface area (Å²) >= 11 is 1.59. The quantitative estimate of drug-likeness (QED) is 0.405. The fourth-order valence-electron chi connectivity index (χ4n) is 3.55. The van der Waals surface area contributed by atoms with Crippen LogP contribution in [0.3, 0.4) is 0 Å². The number of fused-ring (bicyclic) bond motifs is 1. The molecule has 0 saturated carbocycles. The molecule has 8 nitrogen and oxygen atoms in total. The molecule has 0 radical (unpaired) electrons. The third-order valence-electron chi connectivity index (χ3n) is 5.15. The van der Waals surface area contributed by atoms with Crippen LogP contribution in [0.15, 0.2) is 66.0 Å². The summed E-state index contributed by atoms with van der Waals surface area (Å²) in [6.45, 7) is 3.13. The topological polar surface area (TPSA) is 82.4 Å². The van der Waals surface area contributed by atoms with Crippen molar-refractivity contribution in [2.45, 2.75) is 13.5 Å². The number of nitrogens with zero attached hydrogens (tertiary/aromatic N) is 5. The monoisotopic (exact) mass is 459 g/mol. The van der Waals surface area contributed by atoms with Gasteiger partial charge in [-0.2, -0.15) is 4.68 Å². The van der Waals surface area contributed by atoms with E-state index < -0.39 is 0 Å². The summed E-state index contributed by atoms with van der Waals surface area (Å²) in [6.07, 6.45) is 1.80. The van der Waals surface area contributed by atoms with Gasteiger partial charge in [-0.05, 0) is 52.6 Å². The summed E-state index contributed by atoms with van der Waals surface area (Å²) in [5.74, 6) is 1.57. The lowest BCUT2D eigenvalue weighted by atomic mass is 10.1. The summed E-state index contributed by atoms with van der Waals surface area (Å²) in [4.78, 5) is 16.8. The molecule has 0 spiro atoms. The van der Waals surface area contributed by atoms with Gasteiger partial charge in [0.2, 0.25) is 0 Å². The first kappa shape index (κ1) is 20.9. The van der Waals surface area contributed by atoms with Gasteiger partial charge in [-0.3, -0.25) is 4.79 Å². The van der Waals surface area contributed by atoms with E-state index in [1.807, 2.05) is 66.0 Å². The van der Waals surface area contributed by atoms with Crippen LogP contribution in [-0.4, -0.2) is 39.3 Å². The van der Waals surface area contributed by atoms with Gasteiger partial charge in [0.05, 0.1) is 6.54 Å². The number of aromatic nitrogens is 4. The van der Waals surface area contributed by atoms with Gasteiger partial charge in [0.25, 0.3) is 5.91 Å². The van der Waals surface area contributed by atoms with Crippen molar-refractivity contribution < 1.29 is 14.3 Å². The number of aryl methyl sites for hydroxylation is 1. The van der Waals surface area contributed by atoms with Crippen LogP contribution < -0.4 is 14.4 Å². The normalized spacial score (nSPS) is 13.1. The van der Waals surface area contributed by atoms with E-state index >= 15 is 0 Å². The molecule has 4 aromatic rings. The Labute approximate surface area is 194 Å². The van der Waals surface area contributed by atoms with Crippen molar-refractivity contribution in [2.75, 3.05) is 18.1 Å².